The van der Waals surface area contributed by atoms with Crippen molar-refractivity contribution in [2.45, 2.75) is 45.6 Å². The average molecular weight is 525 g/mol. The number of carbonyl (C=O) groups excluding carboxylic acids is 2. The van der Waals surface area contributed by atoms with Gasteiger partial charge in [-0.3, -0.25) is 9.59 Å². The van der Waals surface area contributed by atoms with Crippen LogP contribution in [0.3, 0.4) is 0 Å². The first-order valence-corrected chi connectivity index (χ1v) is 14.4. The normalized spacial score (nSPS) is 15.7. The summed E-state index contributed by atoms with van der Waals surface area (Å²) in [5.74, 6) is 1.05. The van der Waals surface area contributed by atoms with Gasteiger partial charge in [-0.05, 0) is 91.6 Å². The van der Waals surface area contributed by atoms with E-state index in [-0.39, 0.29) is 17.7 Å². The summed E-state index contributed by atoms with van der Waals surface area (Å²) in [5, 5.41) is 3.20. The van der Waals surface area contributed by atoms with E-state index in [2.05, 4.69) is 59.6 Å². The van der Waals surface area contributed by atoms with Crippen LogP contribution in [0.4, 0.5) is 11.4 Å². The van der Waals surface area contributed by atoms with Crippen molar-refractivity contribution >= 4 is 23.2 Å². The molecule has 2 fully saturated rings. The summed E-state index contributed by atoms with van der Waals surface area (Å²) in [7, 11) is 0. The smallest absolute Gasteiger partial charge is 0.255 e. The maximum absolute atomic E-state index is 13.2. The third-order valence-electron chi connectivity index (χ3n) is 7.91. The van der Waals surface area contributed by atoms with Gasteiger partial charge in [-0.1, -0.05) is 49.4 Å². The van der Waals surface area contributed by atoms with Crippen LogP contribution in [-0.2, 0) is 11.3 Å². The lowest BCUT2D eigenvalue weighted by molar-refractivity contribution is -0.133. The van der Waals surface area contributed by atoms with Crippen LogP contribution < -0.4 is 16.0 Å². The molecule has 0 atom stereocenters. The van der Waals surface area contributed by atoms with Gasteiger partial charge in [-0.2, -0.15) is 0 Å². The largest absolute Gasteiger partial charge is 0.370 e. The van der Waals surface area contributed by atoms with Gasteiger partial charge in [0.25, 0.3) is 5.91 Å². The van der Waals surface area contributed by atoms with Crippen LogP contribution in [0.15, 0.2) is 72.8 Å². The highest BCUT2D eigenvalue weighted by Gasteiger charge is 2.33. The Morgan fingerprint density at radius 1 is 0.923 bits per heavy atom. The minimum Gasteiger partial charge on any atom is -0.370 e. The van der Waals surface area contributed by atoms with Crippen LogP contribution in [0.25, 0.3) is 11.1 Å². The van der Waals surface area contributed by atoms with Gasteiger partial charge < -0.3 is 20.9 Å². The number of amides is 2. The molecule has 204 valence electrons. The summed E-state index contributed by atoms with van der Waals surface area (Å²) in [6.07, 6.45) is 5.10. The van der Waals surface area contributed by atoms with Gasteiger partial charge in [0, 0.05) is 37.7 Å². The Labute approximate surface area is 232 Å². The molecule has 0 bridgehead atoms. The summed E-state index contributed by atoms with van der Waals surface area (Å²) in [6, 6.07) is 24.1. The van der Waals surface area contributed by atoms with Crippen molar-refractivity contribution in [2.75, 3.05) is 36.4 Å². The predicted molar refractivity (Wildman–Crippen MR) is 159 cm³/mol. The van der Waals surface area contributed by atoms with E-state index in [0.29, 0.717) is 25.2 Å². The lowest BCUT2D eigenvalue weighted by atomic mass is 9.97. The number of piperidine rings is 1. The van der Waals surface area contributed by atoms with Crippen molar-refractivity contribution in [2.24, 2.45) is 17.6 Å². The number of hydrogen-bond acceptors (Lipinski definition) is 4. The molecule has 3 N–H and O–H groups in total. The molecule has 3 aromatic carbocycles. The minimum atomic E-state index is -0.109. The zero-order valence-corrected chi connectivity index (χ0v) is 22.9. The highest BCUT2D eigenvalue weighted by Crippen LogP contribution is 2.35. The lowest BCUT2D eigenvalue weighted by Crippen LogP contribution is -2.33. The highest BCUT2D eigenvalue weighted by molar-refractivity contribution is 6.06. The van der Waals surface area contributed by atoms with Gasteiger partial charge in [0.1, 0.15) is 0 Å². The molecule has 6 nitrogen and oxygen atoms in total. The molecule has 3 aromatic rings. The van der Waals surface area contributed by atoms with Crippen LogP contribution in [0, 0.1) is 11.8 Å². The predicted octanol–water partition coefficient (Wildman–Crippen LogP) is 5.93. The van der Waals surface area contributed by atoms with Crippen LogP contribution in [0.2, 0.25) is 0 Å². The van der Waals surface area contributed by atoms with Gasteiger partial charge in [0.15, 0.2) is 0 Å². The molecular weight excluding hydrogens is 484 g/mol. The molecule has 1 saturated heterocycles. The Morgan fingerprint density at radius 2 is 1.67 bits per heavy atom. The molecule has 1 aliphatic carbocycles. The molecule has 2 aliphatic rings. The van der Waals surface area contributed by atoms with Gasteiger partial charge in [-0.15, -0.1) is 0 Å². The summed E-state index contributed by atoms with van der Waals surface area (Å²) in [4.78, 5) is 30.4. The molecule has 2 amide bonds. The van der Waals surface area contributed by atoms with Crippen molar-refractivity contribution in [1.82, 2.24) is 4.90 Å². The Bertz CT molecular complexity index is 1280. The van der Waals surface area contributed by atoms with Crippen molar-refractivity contribution in [3.05, 3.63) is 83.9 Å². The fraction of sp³-hybridized carbons (Fsp3) is 0.394. The molecule has 6 heteroatoms. The first kappa shape index (κ1) is 26.9. The quantitative estimate of drug-likeness (QED) is 0.345. The highest BCUT2D eigenvalue weighted by atomic mass is 16.2. The molecular formula is C33H40N4O2. The molecule has 0 spiro atoms. The topological polar surface area (TPSA) is 78.7 Å². The van der Waals surface area contributed by atoms with Crippen molar-refractivity contribution in [1.29, 1.82) is 0 Å². The summed E-state index contributed by atoms with van der Waals surface area (Å²) < 4.78 is 0. The second-order valence-corrected chi connectivity index (χ2v) is 11.1. The Kier molecular flexibility index (Phi) is 8.62. The number of anilines is 2. The Hall–Kier alpha value is -3.64. The van der Waals surface area contributed by atoms with E-state index in [1.54, 1.807) is 0 Å². The second-order valence-electron chi connectivity index (χ2n) is 11.1. The molecule has 39 heavy (non-hydrogen) atoms. The first-order chi connectivity index (χ1) is 19.0. The van der Waals surface area contributed by atoms with Crippen molar-refractivity contribution in [3.63, 3.8) is 0 Å². The van der Waals surface area contributed by atoms with Gasteiger partial charge in [-0.25, -0.2) is 0 Å². The summed E-state index contributed by atoms with van der Waals surface area (Å²) >= 11 is 0. The van der Waals surface area contributed by atoms with Gasteiger partial charge >= 0.3 is 0 Å². The zero-order chi connectivity index (χ0) is 27.2. The minimum absolute atomic E-state index is 0.109. The summed E-state index contributed by atoms with van der Waals surface area (Å²) in [5.41, 5.74) is 11.5. The van der Waals surface area contributed by atoms with Crippen molar-refractivity contribution in [3.8, 4) is 11.1 Å². The van der Waals surface area contributed by atoms with E-state index in [1.807, 2.05) is 35.2 Å². The average Bonchev–Trinajstić information content (AvgIpc) is 3.82. The van der Waals surface area contributed by atoms with E-state index in [9.17, 15) is 9.59 Å². The molecule has 1 aliphatic heterocycles. The van der Waals surface area contributed by atoms with Crippen LogP contribution >= 0.6 is 0 Å². The number of hydrogen-bond donors (Lipinski definition) is 2. The maximum Gasteiger partial charge on any atom is 0.255 e. The van der Waals surface area contributed by atoms with Crippen LogP contribution in [0.1, 0.15) is 54.9 Å². The third-order valence-corrected chi connectivity index (χ3v) is 7.91. The Morgan fingerprint density at radius 3 is 2.38 bits per heavy atom. The van der Waals surface area contributed by atoms with Crippen LogP contribution in [-0.4, -0.2) is 42.9 Å². The Balaban J connectivity index is 1.42. The fourth-order valence-electron chi connectivity index (χ4n) is 5.33. The van der Waals surface area contributed by atoms with E-state index in [1.165, 1.54) is 0 Å². The van der Waals surface area contributed by atoms with Crippen LogP contribution in [0.5, 0.6) is 0 Å². The van der Waals surface area contributed by atoms with E-state index < -0.39 is 0 Å². The molecule has 0 aromatic heterocycles. The monoisotopic (exact) mass is 524 g/mol. The maximum atomic E-state index is 13.2. The second kappa shape index (κ2) is 12.5. The van der Waals surface area contributed by atoms with Gasteiger partial charge in [0.2, 0.25) is 5.91 Å². The number of nitrogens with two attached hydrogens (primary N) is 1. The molecule has 1 saturated carbocycles. The zero-order valence-electron chi connectivity index (χ0n) is 22.9. The standard InChI is InChI=1S/C33H40N4O2/c1-24-15-19-36(20-16-24)31-14-13-29(22-30(31)35-32(38)26-8-3-2-4-9-26)28-10-5-7-25(21-28)23-37(18-6-17-34)33(39)27-11-12-27/h2-5,7-10,13-14,21-22,24,27H,6,11-12,15-20,23,34H2,1H3,(H,35,38). The van der Waals surface area contributed by atoms with Crippen molar-refractivity contribution < 1.29 is 9.59 Å². The van der Waals surface area contributed by atoms with E-state index in [0.717, 1.165) is 79.2 Å². The van der Waals surface area contributed by atoms with E-state index >= 15 is 0 Å². The number of rotatable bonds is 10. The number of benzene rings is 3. The van der Waals surface area contributed by atoms with E-state index in [4.69, 9.17) is 5.73 Å². The molecule has 0 radical (unpaired) electrons. The van der Waals surface area contributed by atoms with Gasteiger partial charge in [0.05, 0.1) is 11.4 Å². The first-order valence-electron chi connectivity index (χ1n) is 14.4. The molecule has 5 rings (SSSR count). The number of nitrogens with one attached hydrogen (secondary N) is 1. The molecule has 1 heterocycles. The SMILES string of the molecule is CC1CCN(c2ccc(-c3cccc(CN(CCCN)C(=O)C4CC4)c3)cc2NC(=O)c2ccccc2)CC1. The fourth-order valence-corrected chi connectivity index (χ4v) is 5.33. The molecule has 0 unspecified atom stereocenters. The lowest BCUT2D eigenvalue weighted by Gasteiger charge is -2.33. The third kappa shape index (κ3) is 6.87. The number of carbonyl (C=O) groups is 2. The summed E-state index contributed by atoms with van der Waals surface area (Å²) in [6.45, 7) is 6.13. The number of nitrogens with zero attached hydrogens (tertiary/aromatic N) is 2.